The first-order valence-electron chi connectivity index (χ1n) is 5.71. The first kappa shape index (κ1) is 14.0. The van der Waals surface area contributed by atoms with Crippen LogP contribution in [0.2, 0.25) is 5.02 Å². The van der Waals surface area contributed by atoms with Gasteiger partial charge in [-0.05, 0) is 24.3 Å². The van der Waals surface area contributed by atoms with Crippen molar-refractivity contribution in [2.45, 2.75) is 0 Å². The molecule has 0 saturated heterocycles. The minimum atomic E-state index is -0.475. The zero-order valence-electron chi connectivity index (χ0n) is 10.3. The van der Waals surface area contributed by atoms with Crippen molar-refractivity contribution >= 4 is 17.4 Å². The molecule has 0 unspecified atom stereocenters. The number of carbonyl (C=O) groups is 1. The van der Waals surface area contributed by atoms with Crippen molar-refractivity contribution in [2.24, 2.45) is 0 Å². The van der Waals surface area contributed by atoms with Crippen LogP contribution in [0.5, 0.6) is 5.75 Å². The molecule has 20 heavy (non-hydrogen) atoms. The highest BCUT2D eigenvalue weighted by molar-refractivity contribution is 6.31. The summed E-state index contributed by atoms with van der Waals surface area (Å²) in [6.07, 6.45) is 0. The second-order valence-electron chi connectivity index (χ2n) is 3.98. The lowest BCUT2D eigenvalue weighted by molar-refractivity contribution is 0.0921. The molecule has 3 nitrogen and oxygen atoms in total. The second kappa shape index (κ2) is 6.18. The van der Waals surface area contributed by atoms with E-state index in [1.165, 1.54) is 30.3 Å². The zero-order valence-corrected chi connectivity index (χ0v) is 11.0. The van der Waals surface area contributed by atoms with Gasteiger partial charge >= 0.3 is 0 Å². The molecule has 5 heteroatoms. The highest BCUT2D eigenvalue weighted by Crippen LogP contribution is 2.22. The third kappa shape index (κ3) is 3.34. The van der Waals surface area contributed by atoms with Crippen LogP contribution in [0.1, 0.15) is 15.9 Å². The van der Waals surface area contributed by atoms with E-state index >= 15 is 0 Å². The highest BCUT2D eigenvalue weighted by atomic mass is 35.5. The number of Topliss-reactive ketones (excluding diaryl/α,β-unsaturated/α-hetero) is 1. The minimum absolute atomic E-state index is 0.230. The summed E-state index contributed by atoms with van der Waals surface area (Å²) in [7, 11) is 0. The summed E-state index contributed by atoms with van der Waals surface area (Å²) in [5, 5.41) is 8.99. The molecule has 2 aromatic carbocycles. The standard InChI is InChI=1S/C15H9ClFNO2/c16-14-7-13(5-4-11(14)8-18)20-9-15(19)10-2-1-3-12(17)6-10/h1-7H,9H2. The zero-order chi connectivity index (χ0) is 14.5. The normalized spacial score (nSPS) is 9.85. The lowest BCUT2D eigenvalue weighted by Gasteiger charge is -2.06. The van der Waals surface area contributed by atoms with Crippen molar-refractivity contribution < 1.29 is 13.9 Å². The molecule has 0 heterocycles. The Morgan fingerprint density at radius 3 is 2.75 bits per heavy atom. The number of ether oxygens (including phenoxy) is 1. The molecule has 100 valence electrons. The third-order valence-electron chi connectivity index (χ3n) is 2.58. The molecular weight excluding hydrogens is 281 g/mol. The smallest absolute Gasteiger partial charge is 0.200 e. The predicted molar refractivity (Wildman–Crippen MR) is 72.4 cm³/mol. The average Bonchev–Trinajstić information content (AvgIpc) is 2.45. The lowest BCUT2D eigenvalue weighted by atomic mass is 10.1. The van der Waals surface area contributed by atoms with Gasteiger partial charge in [0.25, 0.3) is 0 Å². The monoisotopic (exact) mass is 289 g/mol. The number of hydrogen-bond donors (Lipinski definition) is 0. The van der Waals surface area contributed by atoms with Gasteiger partial charge in [-0.15, -0.1) is 0 Å². The van der Waals surface area contributed by atoms with Crippen LogP contribution < -0.4 is 4.74 Å². The Morgan fingerprint density at radius 2 is 2.10 bits per heavy atom. The van der Waals surface area contributed by atoms with Crippen molar-refractivity contribution in [3.63, 3.8) is 0 Å². The van der Waals surface area contributed by atoms with Gasteiger partial charge in [0.05, 0.1) is 10.6 Å². The lowest BCUT2D eigenvalue weighted by Crippen LogP contribution is -2.11. The molecule has 0 fully saturated rings. The molecule has 2 aromatic rings. The average molecular weight is 290 g/mol. The molecule has 0 N–H and O–H groups in total. The van der Waals surface area contributed by atoms with Gasteiger partial charge in [-0.3, -0.25) is 4.79 Å². The molecule has 2 rings (SSSR count). The van der Waals surface area contributed by atoms with E-state index in [0.29, 0.717) is 11.3 Å². The molecule has 0 bridgehead atoms. The Labute approximate surface area is 120 Å². The molecule has 0 spiro atoms. The van der Waals surface area contributed by atoms with Gasteiger partial charge in [0.15, 0.2) is 12.4 Å². The summed E-state index contributed by atoms with van der Waals surface area (Å²) in [6, 6.07) is 11.8. The van der Waals surface area contributed by atoms with Crippen molar-refractivity contribution in [3.8, 4) is 11.8 Å². The Bertz CT molecular complexity index is 695. The molecular formula is C15H9ClFNO2. The van der Waals surface area contributed by atoms with E-state index in [1.807, 2.05) is 6.07 Å². The summed E-state index contributed by atoms with van der Waals surface area (Å²) < 4.78 is 18.3. The maximum Gasteiger partial charge on any atom is 0.200 e. The Balaban J connectivity index is 2.04. The molecule has 0 aromatic heterocycles. The first-order chi connectivity index (χ1) is 9.60. The Kier molecular flexibility index (Phi) is 4.34. The number of halogens is 2. The molecule has 0 saturated carbocycles. The topological polar surface area (TPSA) is 50.1 Å². The van der Waals surface area contributed by atoms with Crippen LogP contribution in [0, 0.1) is 17.1 Å². The number of nitrogens with zero attached hydrogens (tertiary/aromatic N) is 1. The van der Waals surface area contributed by atoms with E-state index in [2.05, 4.69) is 0 Å². The van der Waals surface area contributed by atoms with Crippen LogP contribution in [0.3, 0.4) is 0 Å². The van der Waals surface area contributed by atoms with Crippen LogP contribution in [0.15, 0.2) is 42.5 Å². The predicted octanol–water partition coefficient (Wildman–Crippen LogP) is 3.61. The summed E-state index contributed by atoms with van der Waals surface area (Å²) in [4.78, 5) is 11.8. The summed E-state index contributed by atoms with van der Waals surface area (Å²) in [6.45, 7) is -0.230. The van der Waals surface area contributed by atoms with Crippen LogP contribution >= 0.6 is 11.6 Å². The number of ketones is 1. The number of hydrogen-bond acceptors (Lipinski definition) is 3. The van der Waals surface area contributed by atoms with E-state index in [1.54, 1.807) is 6.07 Å². The summed E-state index contributed by atoms with van der Waals surface area (Å²) in [5.74, 6) is -0.444. The van der Waals surface area contributed by atoms with Gasteiger partial charge < -0.3 is 4.74 Å². The molecule has 0 amide bonds. The van der Waals surface area contributed by atoms with E-state index in [9.17, 15) is 9.18 Å². The third-order valence-corrected chi connectivity index (χ3v) is 2.89. The van der Waals surface area contributed by atoms with Gasteiger partial charge in [-0.25, -0.2) is 4.39 Å². The summed E-state index contributed by atoms with van der Waals surface area (Å²) in [5.41, 5.74) is 0.570. The largest absolute Gasteiger partial charge is 0.485 e. The van der Waals surface area contributed by atoms with Gasteiger partial charge in [-0.2, -0.15) is 5.26 Å². The highest BCUT2D eigenvalue weighted by Gasteiger charge is 2.08. The number of rotatable bonds is 4. The SMILES string of the molecule is N#Cc1ccc(OCC(=O)c2cccc(F)c2)cc1Cl. The van der Waals surface area contributed by atoms with E-state index in [0.717, 1.165) is 6.07 Å². The van der Waals surface area contributed by atoms with Gasteiger partial charge in [0.2, 0.25) is 0 Å². The molecule has 0 aliphatic carbocycles. The number of benzene rings is 2. The van der Waals surface area contributed by atoms with Crippen LogP contribution in [-0.4, -0.2) is 12.4 Å². The maximum absolute atomic E-state index is 13.0. The van der Waals surface area contributed by atoms with Crippen molar-refractivity contribution in [3.05, 3.63) is 64.4 Å². The van der Waals surface area contributed by atoms with Crippen molar-refractivity contribution in [1.82, 2.24) is 0 Å². The fourth-order valence-electron chi connectivity index (χ4n) is 1.57. The van der Waals surface area contributed by atoms with E-state index in [4.69, 9.17) is 21.6 Å². The molecule has 0 radical (unpaired) electrons. The maximum atomic E-state index is 13.0. The number of carbonyl (C=O) groups excluding carboxylic acids is 1. The van der Waals surface area contributed by atoms with E-state index < -0.39 is 5.82 Å². The molecule has 0 atom stereocenters. The fraction of sp³-hybridized carbons (Fsp3) is 0.0667. The molecule has 0 aliphatic heterocycles. The van der Waals surface area contributed by atoms with Gasteiger partial charge in [0, 0.05) is 11.6 Å². The molecule has 0 aliphatic rings. The first-order valence-corrected chi connectivity index (χ1v) is 6.09. The second-order valence-corrected chi connectivity index (χ2v) is 4.38. The van der Waals surface area contributed by atoms with Crippen LogP contribution in [-0.2, 0) is 0 Å². The van der Waals surface area contributed by atoms with Crippen LogP contribution in [0.25, 0.3) is 0 Å². The Hall–Kier alpha value is -2.38. The summed E-state index contributed by atoms with van der Waals surface area (Å²) >= 11 is 5.85. The fourth-order valence-corrected chi connectivity index (χ4v) is 1.78. The van der Waals surface area contributed by atoms with Gasteiger partial charge in [0.1, 0.15) is 17.6 Å². The minimum Gasteiger partial charge on any atom is -0.485 e. The Morgan fingerprint density at radius 1 is 1.30 bits per heavy atom. The van der Waals surface area contributed by atoms with Gasteiger partial charge in [-0.1, -0.05) is 23.7 Å². The van der Waals surface area contributed by atoms with E-state index in [-0.39, 0.29) is 23.0 Å². The van der Waals surface area contributed by atoms with Crippen molar-refractivity contribution in [2.75, 3.05) is 6.61 Å². The number of nitriles is 1. The quantitative estimate of drug-likeness (QED) is 0.808. The van der Waals surface area contributed by atoms with Crippen LogP contribution in [0.4, 0.5) is 4.39 Å². The van der Waals surface area contributed by atoms with Crippen molar-refractivity contribution in [1.29, 1.82) is 5.26 Å².